The molecule has 15 heavy (non-hydrogen) atoms. The fraction of sp³-hybridized carbons (Fsp3) is 0.545. The molecule has 0 aliphatic heterocycles. The number of rotatable bonds is 4. The molecule has 1 unspecified atom stereocenters. The molecule has 0 aromatic carbocycles. The highest BCUT2D eigenvalue weighted by Gasteiger charge is 2.07. The van der Waals surface area contributed by atoms with Gasteiger partial charge in [-0.2, -0.15) is 0 Å². The second-order valence-corrected chi connectivity index (χ2v) is 4.86. The molecule has 1 heterocycles. The molecule has 0 amide bonds. The van der Waals surface area contributed by atoms with Gasteiger partial charge in [-0.25, -0.2) is 4.98 Å². The summed E-state index contributed by atoms with van der Waals surface area (Å²) in [5.41, 5.74) is 6.88. The molecule has 3 nitrogen and oxygen atoms in total. The number of aryl methyl sites for hydroxylation is 1. The molecule has 1 rings (SSSR count). The van der Waals surface area contributed by atoms with Gasteiger partial charge < -0.3 is 10.6 Å². The van der Waals surface area contributed by atoms with E-state index >= 15 is 0 Å². The van der Waals surface area contributed by atoms with E-state index in [-0.39, 0.29) is 6.04 Å². The minimum absolute atomic E-state index is 0.233. The zero-order valence-electron chi connectivity index (χ0n) is 9.50. The Morgan fingerprint density at radius 1 is 1.60 bits per heavy atom. The van der Waals surface area contributed by atoms with Crippen LogP contribution in [-0.2, 0) is 0 Å². The molecule has 0 fully saturated rings. The van der Waals surface area contributed by atoms with Crippen molar-refractivity contribution in [3.05, 3.63) is 22.3 Å². The van der Waals surface area contributed by atoms with Crippen LogP contribution in [0.15, 0.2) is 16.7 Å². The Labute approximate surface area is 99.8 Å². The third-order valence-electron chi connectivity index (χ3n) is 2.24. The van der Waals surface area contributed by atoms with E-state index in [0.717, 1.165) is 28.8 Å². The van der Waals surface area contributed by atoms with Crippen molar-refractivity contribution in [2.75, 3.05) is 18.5 Å². The largest absolute Gasteiger partial charge is 0.359 e. The summed E-state index contributed by atoms with van der Waals surface area (Å²) in [5, 5.41) is 0. The highest BCUT2D eigenvalue weighted by Crippen LogP contribution is 2.23. The average Bonchev–Trinajstić information content (AvgIpc) is 2.14. The molecule has 2 N–H and O–H groups in total. The normalized spacial score (nSPS) is 12.6. The number of nitrogens with two attached hydrogens (primary N) is 1. The number of hydrogen-bond donors (Lipinski definition) is 1. The third-order valence-corrected chi connectivity index (χ3v) is 2.82. The summed E-state index contributed by atoms with van der Waals surface area (Å²) in [6, 6.07) is 2.31. The summed E-state index contributed by atoms with van der Waals surface area (Å²) in [5.74, 6) is 0.973. The number of hydrogen-bond acceptors (Lipinski definition) is 3. The highest BCUT2D eigenvalue weighted by atomic mass is 79.9. The van der Waals surface area contributed by atoms with Gasteiger partial charge >= 0.3 is 0 Å². The Hall–Kier alpha value is -0.610. The van der Waals surface area contributed by atoms with Gasteiger partial charge in [-0.05, 0) is 47.8 Å². The number of halogens is 1. The maximum Gasteiger partial charge on any atom is 0.142 e. The first-order chi connectivity index (χ1) is 7.00. The summed E-state index contributed by atoms with van der Waals surface area (Å²) in [6.45, 7) is 4.97. The van der Waals surface area contributed by atoms with E-state index in [0.29, 0.717) is 0 Å². The Balaban J connectivity index is 2.69. The Morgan fingerprint density at radius 3 is 2.80 bits per heavy atom. The maximum atomic E-state index is 5.72. The number of aromatic nitrogens is 1. The average molecular weight is 272 g/mol. The van der Waals surface area contributed by atoms with Gasteiger partial charge in [-0.3, -0.25) is 0 Å². The topological polar surface area (TPSA) is 42.2 Å². The van der Waals surface area contributed by atoms with Crippen molar-refractivity contribution in [2.45, 2.75) is 26.3 Å². The van der Waals surface area contributed by atoms with E-state index < -0.39 is 0 Å². The lowest BCUT2D eigenvalue weighted by Crippen LogP contribution is -2.26. The molecule has 0 saturated heterocycles. The first-order valence-corrected chi connectivity index (χ1v) is 5.89. The number of pyridine rings is 1. The van der Waals surface area contributed by atoms with Crippen molar-refractivity contribution >= 4 is 21.7 Å². The summed E-state index contributed by atoms with van der Waals surface area (Å²) in [6.07, 6.45) is 2.85. The second kappa shape index (κ2) is 5.47. The Morgan fingerprint density at radius 2 is 2.27 bits per heavy atom. The zero-order chi connectivity index (χ0) is 11.4. The molecule has 0 bridgehead atoms. The molecule has 0 aliphatic rings. The van der Waals surface area contributed by atoms with Gasteiger partial charge in [-0.15, -0.1) is 0 Å². The van der Waals surface area contributed by atoms with Gasteiger partial charge in [-0.1, -0.05) is 0 Å². The van der Waals surface area contributed by atoms with E-state index in [9.17, 15) is 0 Å². The van der Waals surface area contributed by atoms with Gasteiger partial charge in [0, 0.05) is 25.8 Å². The van der Waals surface area contributed by atoms with E-state index in [1.165, 1.54) is 0 Å². The minimum Gasteiger partial charge on any atom is -0.359 e. The third kappa shape index (κ3) is 3.80. The monoisotopic (exact) mass is 271 g/mol. The van der Waals surface area contributed by atoms with Crippen LogP contribution in [0.2, 0.25) is 0 Å². The van der Waals surface area contributed by atoms with Crippen molar-refractivity contribution in [2.24, 2.45) is 5.73 Å². The smallest absolute Gasteiger partial charge is 0.142 e. The second-order valence-electron chi connectivity index (χ2n) is 4.01. The van der Waals surface area contributed by atoms with Crippen LogP contribution >= 0.6 is 15.9 Å². The van der Waals surface area contributed by atoms with Crippen LogP contribution in [0.1, 0.15) is 18.9 Å². The van der Waals surface area contributed by atoms with Gasteiger partial charge in [0.2, 0.25) is 0 Å². The van der Waals surface area contributed by atoms with Crippen LogP contribution in [0.4, 0.5) is 5.82 Å². The summed E-state index contributed by atoms with van der Waals surface area (Å²) in [7, 11) is 2.03. The van der Waals surface area contributed by atoms with Crippen molar-refractivity contribution in [3.8, 4) is 0 Å². The molecule has 1 aromatic heterocycles. The number of anilines is 1. The molecule has 0 aliphatic carbocycles. The number of nitrogens with zero attached hydrogens (tertiary/aromatic N) is 2. The minimum atomic E-state index is 0.233. The quantitative estimate of drug-likeness (QED) is 0.914. The van der Waals surface area contributed by atoms with Crippen LogP contribution in [0.25, 0.3) is 0 Å². The van der Waals surface area contributed by atoms with Gasteiger partial charge in [0.1, 0.15) is 5.82 Å². The molecule has 1 aromatic rings. The maximum absolute atomic E-state index is 5.72. The fourth-order valence-electron chi connectivity index (χ4n) is 1.31. The van der Waals surface area contributed by atoms with Crippen LogP contribution in [0.3, 0.4) is 0 Å². The first kappa shape index (κ1) is 12.5. The van der Waals surface area contributed by atoms with Crippen LogP contribution in [-0.4, -0.2) is 24.6 Å². The van der Waals surface area contributed by atoms with Crippen molar-refractivity contribution in [3.63, 3.8) is 0 Å². The highest BCUT2D eigenvalue weighted by molar-refractivity contribution is 9.10. The van der Waals surface area contributed by atoms with Crippen molar-refractivity contribution in [1.29, 1.82) is 0 Å². The Bertz CT molecular complexity index is 326. The van der Waals surface area contributed by atoms with Crippen molar-refractivity contribution < 1.29 is 0 Å². The van der Waals surface area contributed by atoms with E-state index in [2.05, 4.69) is 31.9 Å². The first-order valence-electron chi connectivity index (χ1n) is 5.09. The van der Waals surface area contributed by atoms with Gasteiger partial charge in [0.25, 0.3) is 0 Å². The molecule has 4 heteroatoms. The molecule has 1 atom stereocenters. The van der Waals surface area contributed by atoms with Gasteiger partial charge in [0.05, 0.1) is 4.47 Å². The van der Waals surface area contributed by atoms with E-state index in [4.69, 9.17) is 5.73 Å². The Kier molecular flexibility index (Phi) is 4.54. The molecular formula is C11H18BrN3. The summed E-state index contributed by atoms with van der Waals surface area (Å²) >= 11 is 3.52. The lowest BCUT2D eigenvalue weighted by atomic mass is 10.2. The van der Waals surface area contributed by atoms with Crippen molar-refractivity contribution in [1.82, 2.24) is 4.98 Å². The van der Waals surface area contributed by atoms with Crippen LogP contribution < -0.4 is 10.6 Å². The lowest BCUT2D eigenvalue weighted by Gasteiger charge is -2.20. The fourth-order valence-corrected chi connectivity index (χ4v) is 2.08. The molecule has 84 valence electrons. The van der Waals surface area contributed by atoms with Crippen LogP contribution in [0.5, 0.6) is 0 Å². The van der Waals surface area contributed by atoms with Gasteiger partial charge in [0.15, 0.2) is 0 Å². The molecule has 0 spiro atoms. The SMILES string of the molecule is Cc1cnc(N(C)CCC(C)N)c(Br)c1. The standard InChI is InChI=1S/C11H18BrN3/c1-8-6-10(12)11(14-7-8)15(3)5-4-9(2)13/h6-7,9H,4-5,13H2,1-3H3. The predicted molar refractivity (Wildman–Crippen MR) is 68.2 cm³/mol. The summed E-state index contributed by atoms with van der Waals surface area (Å²) < 4.78 is 1.04. The van der Waals surface area contributed by atoms with Crippen LogP contribution in [0, 0.1) is 6.92 Å². The zero-order valence-corrected chi connectivity index (χ0v) is 11.1. The lowest BCUT2D eigenvalue weighted by molar-refractivity contribution is 0.656. The predicted octanol–water partition coefficient (Wildman–Crippen LogP) is 2.33. The summed E-state index contributed by atoms with van der Waals surface area (Å²) in [4.78, 5) is 6.51. The molecule has 0 radical (unpaired) electrons. The van der Waals surface area contributed by atoms with E-state index in [1.807, 2.05) is 27.1 Å². The van der Waals surface area contributed by atoms with E-state index in [1.54, 1.807) is 0 Å². The molecular weight excluding hydrogens is 254 g/mol. The molecule has 0 saturated carbocycles.